The summed E-state index contributed by atoms with van der Waals surface area (Å²) in [7, 11) is 1.76. The molecular formula is C24H21F2N7O4. The van der Waals surface area contributed by atoms with E-state index in [2.05, 4.69) is 20.8 Å². The fourth-order valence-corrected chi connectivity index (χ4v) is 4.47. The SMILES string of the molecule is Cn1cc2c(N3CCC(NC(=O)O)C3)c(NC(=O)c3ccc(=O)n(-c4c(F)cccc4F)n3)ccc2n1. The highest BCUT2D eigenvalue weighted by Gasteiger charge is 2.28. The van der Waals surface area contributed by atoms with Crippen molar-refractivity contribution in [3.8, 4) is 5.69 Å². The Morgan fingerprint density at radius 3 is 2.54 bits per heavy atom. The Labute approximate surface area is 207 Å². The molecule has 1 atom stereocenters. The maximum atomic E-state index is 14.3. The Kier molecular flexibility index (Phi) is 6.03. The summed E-state index contributed by atoms with van der Waals surface area (Å²) >= 11 is 0. The van der Waals surface area contributed by atoms with Crippen LogP contribution < -0.4 is 21.1 Å². The topological polar surface area (TPSA) is 134 Å². The van der Waals surface area contributed by atoms with E-state index in [1.165, 1.54) is 0 Å². The van der Waals surface area contributed by atoms with Gasteiger partial charge in [-0.15, -0.1) is 0 Å². The highest BCUT2D eigenvalue weighted by atomic mass is 19.1. The summed E-state index contributed by atoms with van der Waals surface area (Å²) in [5, 5.41) is 23.4. The number of benzene rings is 2. The van der Waals surface area contributed by atoms with Crippen LogP contribution in [0.3, 0.4) is 0 Å². The average molecular weight is 509 g/mol. The lowest BCUT2D eigenvalue weighted by Gasteiger charge is -2.23. The van der Waals surface area contributed by atoms with Crippen LogP contribution in [0.4, 0.5) is 25.0 Å². The van der Waals surface area contributed by atoms with Crippen molar-refractivity contribution in [1.29, 1.82) is 0 Å². The second kappa shape index (κ2) is 9.33. The van der Waals surface area contributed by atoms with Crippen molar-refractivity contribution in [3.63, 3.8) is 0 Å². The normalized spacial score (nSPS) is 15.2. The number of carboxylic acid groups (broad SMARTS) is 1. The van der Waals surface area contributed by atoms with Crippen molar-refractivity contribution >= 4 is 34.3 Å². The van der Waals surface area contributed by atoms with Crippen molar-refractivity contribution in [2.75, 3.05) is 23.3 Å². The molecule has 1 unspecified atom stereocenters. The number of anilines is 2. The number of aryl methyl sites for hydroxylation is 1. The molecule has 37 heavy (non-hydrogen) atoms. The van der Waals surface area contributed by atoms with E-state index in [-0.39, 0.29) is 11.7 Å². The third-order valence-corrected chi connectivity index (χ3v) is 6.04. The molecule has 1 saturated heterocycles. The predicted octanol–water partition coefficient (Wildman–Crippen LogP) is 2.50. The van der Waals surface area contributed by atoms with Crippen LogP contribution in [-0.2, 0) is 7.05 Å². The first-order chi connectivity index (χ1) is 17.7. The van der Waals surface area contributed by atoms with E-state index >= 15 is 0 Å². The molecule has 0 radical (unpaired) electrons. The number of aromatic nitrogens is 4. The van der Waals surface area contributed by atoms with Gasteiger partial charge in [-0.1, -0.05) is 6.07 Å². The van der Waals surface area contributed by atoms with Crippen molar-refractivity contribution in [2.45, 2.75) is 12.5 Å². The van der Waals surface area contributed by atoms with Gasteiger partial charge in [0, 0.05) is 37.8 Å². The third kappa shape index (κ3) is 4.58. The summed E-state index contributed by atoms with van der Waals surface area (Å²) in [4.78, 5) is 38.6. The highest BCUT2D eigenvalue weighted by Crippen LogP contribution is 2.36. The van der Waals surface area contributed by atoms with Gasteiger partial charge in [-0.25, -0.2) is 13.6 Å². The number of fused-ring (bicyclic) bond motifs is 1. The monoisotopic (exact) mass is 509 g/mol. The van der Waals surface area contributed by atoms with Gasteiger partial charge in [0.25, 0.3) is 11.5 Å². The van der Waals surface area contributed by atoms with Gasteiger partial charge in [0.1, 0.15) is 11.4 Å². The molecule has 0 spiro atoms. The quantitative estimate of drug-likeness (QED) is 0.376. The number of rotatable bonds is 5. The third-order valence-electron chi connectivity index (χ3n) is 6.04. The zero-order valence-corrected chi connectivity index (χ0v) is 19.5. The fourth-order valence-electron chi connectivity index (χ4n) is 4.47. The van der Waals surface area contributed by atoms with Crippen LogP contribution in [0.25, 0.3) is 16.6 Å². The van der Waals surface area contributed by atoms with Crippen molar-refractivity contribution in [2.24, 2.45) is 7.05 Å². The number of hydrogen-bond donors (Lipinski definition) is 3. The molecule has 0 saturated carbocycles. The summed E-state index contributed by atoms with van der Waals surface area (Å²) < 4.78 is 30.7. The van der Waals surface area contributed by atoms with Crippen molar-refractivity contribution < 1.29 is 23.5 Å². The first kappa shape index (κ1) is 23.9. The molecule has 1 aliphatic rings. The molecule has 4 aromatic rings. The van der Waals surface area contributed by atoms with Gasteiger partial charge < -0.3 is 20.6 Å². The van der Waals surface area contributed by atoms with E-state index in [1.54, 1.807) is 30.1 Å². The minimum absolute atomic E-state index is 0.244. The fraction of sp³-hybridized carbons (Fsp3) is 0.208. The minimum Gasteiger partial charge on any atom is -0.465 e. The van der Waals surface area contributed by atoms with Gasteiger partial charge in [-0.3, -0.25) is 14.3 Å². The molecule has 11 nitrogen and oxygen atoms in total. The van der Waals surface area contributed by atoms with Gasteiger partial charge >= 0.3 is 6.09 Å². The summed E-state index contributed by atoms with van der Waals surface area (Å²) in [5.41, 5.74) is -0.0286. The number of para-hydroxylation sites is 1. The lowest BCUT2D eigenvalue weighted by atomic mass is 10.1. The number of nitrogens with zero attached hydrogens (tertiary/aromatic N) is 5. The van der Waals surface area contributed by atoms with Crippen LogP contribution >= 0.6 is 0 Å². The summed E-state index contributed by atoms with van der Waals surface area (Å²) in [6.07, 6.45) is 1.24. The Bertz CT molecular complexity index is 1580. The number of carbonyl (C=O) groups is 2. The van der Waals surface area contributed by atoms with Gasteiger partial charge in [-0.2, -0.15) is 14.9 Å². The van der Waals surface area contributed by atoms with Gasteiger partial charge in [0.15, 0.2) is 11.6 Å². The molecule has 1 aliphatic heterocycles. The molecule has 190 valence electrons. The molecule has 2 aromatic heterocycles. The van der Waals surface area contributed by atoms with Crippen LogP contribution in [-0.4, -0.2) is 55.8 Å². The summed E-state index contributed by atoms with van der Waals surface area (Å²) in [6.45, 7) is 0.899. The Morgan fingerprint density at radius 1 is 1.05 bits per heavy atom. The highest BCUT2D eigenvalue weighted by molar-refractivity contribution is 6.08. The Morgan fingerprint density at radius 2 is 1.81 bits per heavy atom. The van der Waals surface area contributed by atoms with E-state index in [1.807, 2.05) is 4.90 Å². The molecule has 0 bridgehead atoms. The van der Waals surface area contributed by atoms with E-state index in [9.17, 15) is 23.2 Å². The van der Waals surface area contributed by atoms with Crippen molar-refractivity contribution in [3.05, 3.63) is 76.3 Å². The molecule has 13 heteroatoms. The minimum atomic E-state index is -1.12. The Hall–Kier alpha value is -4.81. The molecular weight excluding hydrogens is 488 g/mol. The first-order valence-electron chi connectivity index (χ1n) is 11.3. The number of hydrogen-bond acceptors (Lipinski definition) is 6. The molecule has 0 aliphatic carbocycles. The summed E-state index contributed by atoms with van der Waals surface area (Å²) in [5.74, 6) is -2.72. The molecule has 2 aromatic carbocycles. The van der Waals surface area contributed by atoms with Crippen LogP contribution in [0.2, 0.25) is 0 Å². The lowest BCUT2D eigenvalue weighted by Crippen LogP contribution is -2.36. The van der Waals surface area contributed by atoms with Crippen LogP contribution in [0.15, 0.2) is 53.5 Å². The van der Waals surface area contributed by atoms with Crippen molar-refractivity contribution in [1.82, 2.24) is 24.9 Å². The van der Waals surface area contributed by atoms with Gasteiger partial charge in [0.05, 0.1) is 22.9 Å². The largest absolute Gasteiger partial charge is 0.465 e. The van der Waals surface area contributed by atoms with Gasteiger partial charge in [0.2, 0.25) is 0 Å². The van der Waals surface area contributed by atoms with E-state index in [0.29, 0.717) is 41.1 Å². The maximum absolute atomic E-state index is 14.3. The van der Waals surface area contributed by atoms with E-state index < -0.39 is 34.9 Å². The van der Waals surface area contributed by atoms with E-state index in [4.69, 9.17) is 5.11 Å². The number of halogens is 2. The van der Waals surface area contributed by atoms with Crippen LogP contribution in [0.5, 0.6) is 0 Å². The molecule has 1 fully saturated rings. The zero-order chi connectivity index (χ0) is 26.3. The summed E-state index contributed by atoms with van der Waals surface area (Å²) in [6, 6.07) is 8.37. The smallest absolute Gasteiger partial charge is 0.404 e. The second-order valence-corrected chi connectivity index (χ2v) is 8.57. The van der Waals surface area contributed by atoms with Crippen LogP contribution in [0.1, 0.15) is 16.9 Å². The van der Waals surface area contributed by atoms with Crippen LogP contribution in [0, 0.1) is 11.6 Å². The maximum Gasteiger partial charge on any atom is 0.404 e. The standard InChI is InChI=1S/C24H21F2N7O4/c1-31-12-14-17(29-31)5-6-18(21(14)32-10-9-13(11-32)27-24(36)37)28-23(35)19-7-8-20(34)33(30-19)22-15(25)3-2-4-16(22)26/h2-8,12-13,27H,9-11H2,1H3,(H,28,35)(H,36,37). The zero-order valence-electron chi connectivity index (χ0n) is 19.5. The molecule has 3 N–H and O–H groups in total. The molecule has 5 rings (SSSR count). The average Bonchev–Trinajstić information content (AvgIpc) is 3.45. The Balaban J connectivity index is 1.51. The number of carbonyl (C=O) groups excluding carboxylic acids is 1. The number of nitrogens with one attached hydrogen (secondary N) is 2. The second-order valence-electron chi connectivity index (χ2n) is 8.57. The predicted molar refractivity (Wildman–Crippen MR) is 130 cm³/mol. The number of amides is 2. The van der Waals surface area contributed by atoms with E-state index in [0.717, 1.165) is 35.7 Å². The van der Waals surface area contributed by atoms with Gasteiger partial charge in [-0.05, 0) is 36.8 Å². The first-order valence-corrected chi connectivity index (χ1v) is 11.3. The lowest BCUT2D eigenvalue weighted by molar-refractivity contribution is 0.102. The molecule has 3 heterocycles. The molecule has 2 amide bonds.